The van der Waals surface area contributed by atoms with Crippen LogP contribution in [0, 0.1) is 0 Å². The zero-order valence-electron chi connectivity index (χ0n) is 9.68. The second-order valence-electron chi connectivity index (χ2n) is 3.90. The van der Waals surface area contributed by atoms with Gasteiger partial charge in [0.05, 0.1) is 25.0 Å². The summed E-state index contributed by atoms with van der Waals surface area (Å²) in [4.78, 5) is 6.94. The van der Waals surface area contributed by atoms with Crippen LogP contribution in [-0.4, -0.2) is 38.4 Å². The Bertz CT molecular complexity index is 520. The summed E-state index contributed by atoms with van der Waals surface area (Å²) < 4.78 is 11.9. The molecule has 17 heavy (non-hydrogen) atoms. The summed E-state index contributed by atoms with van der Waals surface area (Å²) in [6.45, 7) is 3.41. The van der Waals surface area contributed by atoms with E-state index in [0.717, 1.165) is 42.7 Å². The predicted octanol–water partition coefficient (Wildman–Crippen LogP) is 2.14. The van der Waals surface area contributed by atoms with E-state index < -0.39 is 0 Å². The average Bonchev–Trinajstić information content (AvgIpc) is 2.83. The number of benzene rings is 1. The highest BCUT2D eigenvalue weighted by molar-refractivity contribution is 7.22. The summed E-state index contributed by atoms with van der Waals surface area (Å²) in [5.74, 6) is 0.846. The number of rotatable bonds is 2. The molecule has 0 unspecified atom stereocenters. The van der Waals surface area contributed by atoms with Crippen molar-refractivity contribution in [3.63, 3.8) is 0 Å². The molecule has 0 N–H and O–H groups in total. The highest BCUT2D eigenvalue weighted by atomic mass is 32.1. The number of nitrogens with zero attached hydrogens (tertiary/aromatic N) is 2. The number of para-hydroxylation sites is 1. The van der Waals surface area contributed by atoms with Crippen LogP contribution in [0.2, 0.25) is 0 Å². The van der Waals surface area contributed by atoms with E-state index in [-0.39, 0.29) is 0 Å². The Morgan fingerprint density at radius 3 is 2.94 bits per heavy atom. The molecule has 0 aliphatic carbocycles. The van der Waals surface area contributed by atoms with Crippen LogP contribution in [0.4, 0.5) is 5.13 Å². The first kappa shape index (κ1) is 10.8. The van der Waals surface area contributed by atoms with Gasteiger partial charge in [0.2, 0.25) is 0 Å². The summed E-state index contributed by atoms with van der Waals surface area (Å²) in [6.07, 6.45) is 0. The molecule has 4 nitrogen and oxygen atoms in total. The molecule has 1 aromatic heterocycles. The molecule has 1 fully saturated rings. The monoisotopic (exact) mass is 250 g/mol. The Hall–Kier alpha value is -1.33. The fourth-order valence-corrected chi connectivity index (χ4v) is 3.00. The Morgan fingerprint density at radius 1 is 1.35 bits per heavy atom. The lowest BCUT2D eigenvalue weighted by atomic mass is 10.3. The number of fused-ring (bicyclic) bond motifs is 1. The van der Waals surface area contributed by atoms with Crippen molar-refractivity contribution in [2.75, 3.05) is 38.3 Å². The van der Waals surface area contributed by atoms with E-state index in [4.69, 9.17) is 9.47 Å². The molecule has 0 bridgehead atoms. The molecule has 90 valence electrons. The van der Waals surface area contributed by atoms with Crippen LogP contribution in [0.15, 0.2) is 18.2 Å². The largest absolute Gasteiger partial charge is 0.494 e. The fourth-order valence-electron chi connectivity index (χ4n) is 1.97. The van der Waals surface area contributed by atoms with Crippen molar-refractivity contribution in [1.82, 2.24) is 4.98 Å². The number of aromatic nitrogens is 1. The molecule has 0 saturated carbocycles. The quantitative estimate of drug-likeness (QED) is 0.818. The molecule has 1 aromatic carbocycles. The molecule has 1 aliphatic rings. The maximum absolute atomic E-state index is 5.35. The van der Waals surface area contributed by atoms with Gasteiger partial charge in [0, 0.05) is 13.1 Å². The minimum atomic E-state index is 0.785. The molecule has 3 rings (SSSR count). The summed E-state index contributed by atoms with van der Waals surface area (Å²) in [7, 11) is 1.68. The van der Waals surface area contributed by atoms with Gasteiger partial charge in [-0.15, -0.1) is 0 Å². The topological polar surface area (TPSA) is 34.6 Å². The first-order valence-electron chi connectivity index (χ1n) is 5.65. The number of methoxy groups -OCH3 is 1. The second kappa shape index (κ2) is 4.50. The number of thiazole rings is 1. The molecule has 0 radical (unpaired) electrons. The van der Waals surface area contributed by atoms with Crippen LogP contribution in [0.5, 0.6) is 5.75 Å². The minimum Gasteiger partial charge on any atom is -0.494 e. The van der Waals surface area contributed by atoms with Gasteiger partial charge in [-0.2, -0.15) is 0 Å². The molecule has 2 heterocycles. The van der Waals surface area contributed by atoms with Crippen molar-refractivity contribution >= 4 is 26.7 Å². The second-order valence-corrected chi connectivity index (χ2v) is 4.91. The van der Waals surface area contributed by atoms with E-state index in [0.29, 0.717) is 0 Å². The lowest BCUT2D eigenvalue weighted by molar-refractivity contribution is 0.122. The van der Waals surface area contributed by atoms with E-state index >= 15 is 0 Å². The maximum Gasteiger partial charge on any atom is 0.186 e. The summed E-state index contributed by atoms with van der Waals surface area (Å²) in [6, 6.07) is 6.03. The van der Waals surface area contributed by atoms with E-state index in [1.165, 1.54) is 4.70 Å². The Labute approximate surface area is 104 Å². The van der Waals surface area contributed by atoms with Gasteiger partial charge in [-0.1, -0.05) is 17.4 Å². The zero-order chi connectivity index (χ0) is 11.7. The first-order chi connectivity index (χ1) is 8.38. The van der Waals surface area contributed by atoms with Crippen molar-refractivity contribution in [1.29, 1.82) is 0 Å². The van der Waals surface area contributed by atoms with Gasteiger partial charge in [-0.05, 0) is 12.1 Å². The standard InChI is InChI=1S/C12H14N2O2S/c1-15-9-3-2-4-10-11(9)13-12(17-10)14-5-7-16-8-6-14/h2-4H,5-8H2,1H3. The molecule has 2 aromatic rings. The van der Waals surface area contributed by atoms with Crippen LogP contribution < -0.4 is 9.64 Å². The van der Waals surface area contributed by atoms with Crippen molar-refractivity contribution in [2.45, 2.75) is 0 Å². The van der Waals surface area contributed by atoms with E-state index in [1.807, 2.05) is 12.1 Å². The van der Waals surface area contributed by atoms with E-state index in [1.54, 1.807) is 18.4 Å². The smallest absolute Gasteiger partial charge is 0.186 e. The third-order valence-electron chi connectivity index (χ3n) is 2.87. The fraction of sp³-hybridized carbons (Fsp3) is 0.417. The Balaban J connectivity index is 2.00. The van der Waals surface area contributed by atoms with Crippen molar-refractivity contribution in [2.24, 2.45) is 0 Å². The molecule has 5 heteroatoms. The Morgan fingerprint density at radius 2 is 2.18 bits per heavy atom. The van der Waals surface area contributed by atoms with Gasteiger partial charge in [0.15, 0.2) is 5.13 Å². The lowest BCUT2D eigenvalue weighted by Crippen LogP contribution is -2.36. The molecule has 1 saturated heterocycles. The molecule has 0 amide bonds. The number of ether oxygens (including phenoxy) is 2. The third kappa shape index (κ3) is 1.96. The van der Waals surface area contributed by atoms with Crippen molar-refractivity contribution in [3.05, 3.63) is 18.2 Å². The number of anilines is 1. The highest BCUT2D eigenvalue weighted by Crippen LogP contribution is 2.34. The van der Waals surface area contributed by atoms with Crippen molar-refractivity contribution < 1.29 is 9.47 Å². The van der Waals surface area contributed by atoms with Gasteiger partial charge in [0.25, 0.3) is 0 Å². The number of hydrogen-bond donors (Lipinski definition) is 0. The van der Waals surface area contributed by atoms with Crippen LogP contribution in [0.3, 0.4) is 0 Å². The molecule has 1 aliphatic heterocycles. The molecular formula is C12H14N2O2S. The van der Waals surface area contributed by atoms with Crippen LogP contribution in [0.25, 0.3) is 10.2 Å². The van der Waals surface area contributed by atoms with Gasteiger partial charge >= 0.3 is 0 Å². The Kier molecular flexibility index (Phi) is 2.86. The van der Waals surface area contributed by atoms with Gasteiger partial charge in [-0.25, -0.2) is 4.98 Å². The summed E-state index contributed by atoms with van der Waals surface area (Å²) >= 11 is 1.71. The number of hydrogen-bond acceptors (Lipinski definition) is 5. The van der Waals surface area contributed by atoms with Gasteiger partial charge < -0.3 is 14.4 Å². The highest BCUT2D eigenvalue weighted by Gasteiger charge is 2.16. The summed E-state index contributed by atoms with van der Waals surface area (Å²) in [5, 5.41) is 1.06. The van der Waals surface area contributed by atoms with Crippen LogP contribution in [-0.2, 0) is 4.74 Å². The molecule has 0 spiro atoms. The normalized spacial score (nSPS) is 16.4. The number of morpholine rings is 1. The maximum atomic E-state index is 5.35. The molecule has 0 atom stereocenters. The predicted molar refractivity (Wildman–Crippen MR) is 69.2 cm³/mol. The van der Waals surface area contributed by atoms with E-state index in [9.17, 15) is 0 Å². The van der Waals surface area contributed by atoms with Crippen LogP contribution in [0.1, 0.15) is 0 Å². The van der Waals surface area contributed by atoms with E-state index in [2.05, 4.69) is 16.0 Å². The van der Waals surface area contributed by atoms with Crippen molar-refractivity contribution in [3.8, 4) is 5.75 Å². The SMILES string of the molecule is COc1cccc2sc(N3CCOCC3)nc12. The average molecular weight is 250 g/mol. The van der Waals surface area contributed by atoms with Crippen LogP contribution >= 0.6 is 11.3 Å². The van der Waals surface area contributed by atoms with Gasteiger partial charge in [0.1, 0.15) is 11.3 Å². The molecular weight excluding hydrogens is 236 g/mol. The zero-order valence-corrected chi connectivity index (χ0v) is 10.5. The van der Waals surface area contributed by atoms with Gasteiger partial charge in [-0.3, -0.25) is 0 Å². The third-order valence-corrected chi connectivity index (χ3v) is 3.95. The first-order valence-corrected chi connectivity index (χ1v) is 6.46. The summed E-state index contributed by atoms with van der Waals surface area (Å²) in [5.41, 5.74) is 0.960. The minimum absolute atomic E-state index is 0.785. The lowest BCUT2D eigenvalue weighted by Gasteiger charge is -2.25.